The highest BCUT2D eigenvalue weighted by Gasteiger charge is 2.13. The third kappa shape index (κ3) is 5.20. The zero-order valence-corrected chi connectivity index (χ0v) is 17.2. The summed E-state index contributed by atoms with van der Waals surface area (Å²) < 4.78 is 1.58. The number of carbonyl (C=O) groups is 1. The fraction of sp³-hybridized carbons (Fsp3) is 0.0556. The minimum absolute atomic E-state index is 0.00633. The molecule has 0 aliphatic heterocycles. The van der Waals surface area contributed by atoms with Crippen LogP contribution in [0.15, 0.2) is 58.5 Å². The third-order valence-corrected chi connectivity index (χ3v) is 5.12. The normalized spacial score (nSPS) is 10.7. The van der Waals surface area contributed by atoms with E-state index in [0.29, 0.717) is 26.4 Å². The van der Waals surface area contributed by atoms with Gasteiger partial charge in [0, 0.05) is 32.5 Å². The molecule has 10 heteroatoms. The predicted octanol–water partition coefficient (Wildman–Crippen LogP) is 4.51. The second-order valence-corrected chi connectivity index (χ2v) is 7.86. The molecule has 3 aromatic rings. The minimum Gasteiger partial charge on any atom is -0.385 e. The van der Waals surface area contributed by atoms with Gasteiger partial charge in [0.05, 0.1) is 5.75 Å². The molecule has 0 atom stereocenters. The van der Waals surface area contributed by atoms with Crippen molar-refractivity contribution >= 4 is 64.0 Å². The van der Waals surface area contributed by atoms with Crippen molar-refractivity contribution in [1.82, 2.24) is 9.55 Å². The van der Waals surface area contributed by atoms with E-state index < -0.39 is 5.56 Å². The van der Waals surface area contributed by atoms with E-state index in [9.17, 15) is 9.59 Å². The molecule has 2 aromatic carbocycles. The number of aromatic nitrogens is 2. The molecule has 1 aromatic heterocycles. The molecule has 0 saturated heterocycles. The van der Waals surface area contributed by atoms with Crippen molar-refractivity contribution in [3.63, 3.8) is 0 Å². The van der Waals surface area contributed by atoms with Gasteiger partial charge < -0.3 is 11.1 Å². The number of benzene rings is 2. The summed E-state index contributed by atoms with van der Waals surface area (Å²) in [5.41, 5.74) is 6.65. The molecule has 144 valence electrons. The standard InChI is InChI=1S/C18H13Cl3N4O2S/c19-10-1-3-14(4-2-10)25-15(22)8-16(26)24-18(25)28-9-17(27)23-13-6-11(20)5-12(21)7-13/h1-8H,9,22H2,(H,23,27). The quantitative estimate of drug-likeness (QED) is 0.436. The van der Waals surface area contributed by atoms with E-state index in [-0.39, 0.29) is 22.6 Å². The lowest BCUT2D eigenvalue weighted by Gasteiger charge is -2.14. The first kappa shape index (κ1) is 20.5. The maximum absolute atomic E-state index is 12.3. The van der Waals surface area contributed by atoms with Crippen LogP contribution in [0.5, 0.6) is 0 Å². The molecule has 1 heterocycles. The van der Waals surface area contributed by atoms with Crippen molar-refractivity contribution in [3.05, 3.63) is 74.0 Å². The molecular weight excluding hydrogens is 443 g/mol. The lowest BCUT2D eigenvalue weighted by Crippen LogP contribution is -2.19. The van der Waals surface area contributed by atoms with E-state index >= 15 is 0 Å². The Kier molecular flexibility index (Phi) is 6.51. The smallest absolute Gasteiger partial charge is 0.275 e. The Balaban J connectivity index is 1.81. The van der Waals surface area contributed by atoms with Gasteiger partial charge in [-0.25, -0.2) is 0 Å². The van der Waals surface area contributed by atoms with E-state index in [1.807, 2.05) is 0 Å². The number of anilines is 2. The van der Waals surface area contributed by atoms with E-state index in [1.165, 1.54) is 6.07 Å². The average molecular weight is 456 g/mol. The molecule has 0 aliphatic rings. The second-order valence-electron chi connectivity index (χ2n) is 5.61. The van der Waals surface area contributed by atoms with Crippen molar-refractivity contribution < 1.29 is 4.79 Å². The Hall–Kier alpha value is -2.19. The number of amides is 1. The van der Waals surface area contributed by atoms with Crippen molar-refractivity contribution in [2.45, 2.75) is 5.16 Å². The van der Waals surface area contributed by atoms with Crippen LogP contribution in [-0.4, -0.2) is 21.2 Å². The van der Waals surface area contributed by atoms with E-state index in [1.54, 1.807) is 47.0 Å². The Bertz CT molecular complexity index is 1070. The largest absolute Gasteiger partial charge is 0.385 e. The number of thioether (sulfide) groups is 1. The minimum atomic E-state index is -0.493. The fourth-order valence-electron chi connectivity index (χ4n) is 2.38. The van der Waals surface area contributed by atoms with Gasteiger partial charge in [0.1, 0.15) is 5.82 Å². The van der Waals surface area contributed by atoms with Gasteiger partial charge in [-0.05, 0) is 42.5 Å². The Morgan fingerprint density at radius 2 is 1.68 bits per heavy atom. The van der Waals surface area contributed by atoms with Crippen LogP contribution in [0.25, 0.3) is 5.69 Å². The number of hydrogen-bond acceptors (Lipinski definition) is 5. The second kappa shape index (κ2) is 8.87. The first-order chi connectivity index (χ1) is 13.3. The average Bonchev–Trinajstić information content (AvgIpc) is 2.60. The van der Waals surface area contributed by atoms with Gasteiger partial charge in [-0.1, -0.05) is 46.6 Å². The summed E-state index contributed by atoms with van der Waals surface area (Å²) in [4.78, 5) is 28.1. The van der Waals surface area contributed by atoms with Crippen LogP contribution in [0.3, 0.4) is 0 Å². The molecule has 0 radical (unpaired) electrons. The van der Waals surface area contributed by atoms with Gasteiger partial charge in [-0.15, -0.1) is 0 Å². The van der Waals surface area contributed by atoms with Crippen molar-refractivity contribution in [2.24, 2.45) is 0 Å². The lowest BCUT2D eigenvalue weighted by molar-refractivity contribution is -0.113. The highest BCUT2D eigenvalue weighted by molar-refractivity contribution is 7.99. The van der Waals surface area contributed by atoms with Gasteiger partial charge in [0.25, 0.3) is 5.56 Å². The van der Waals surface area contributed by atoms with Crippen LogP contribution in [0.1, 0.15) is 0 Å². The molecule has 3 rings (SSSR count). The van der Waals surface area contributed by atoms with Crippen LogP contribution in [0.4, 0.5) is 11.5 Å². The summed E-state index contributed by atoms with van der Waals surface area (Å²) in [5, 5.41) is 4.36. The highest BCUT2D eigenvalue weighted by atomic mass is 35.5. The molecule has 3 N–H and O–H groups in total. The van der Waals surface area contributed by atoms with Crippen LogP contribution < -0.4 is 16.6 Å². The fourth-order valence-corrected chi connectivity index (χ4v) is 3.86. The maximum Gasteiger partial charge on any atom is 0.275 e. The molecule has 0 spiro atoms. The first-order valence-corrected chi connectivity index (χ1v) is 9.98. The van der Waals surface area contributed by atoms with Crippen LogP contribution in [-0.2, 0) is 4.79 Å². The topological polar surface area (TPSA) is 90.0 Å². The van der Waals surface area contributed by atoms with Gasteiger partial charge in [-0.3, -0.25) is 14.2 Å². The zero-order valence-electron chi connectivity index (χ0n) is 14.2. The predicted molar refractivity (Wildman–Crippen MR) is 115 cm³/mol. The first-order valence-electron chi connectivity index (χ1n) is 7.86. The molecule has 0 unspecified atom stereocenters. The number of nitrogens with zero attached hydrogens (tertiary/aromatic N) is 2. The molecule has 0 aliphatic carbocycles. The van der Waals surface area contributed by atoms with Gasteiger partial charge in [0.2, 0.25) is 5.91 Å². The summed E-state index contributed by atoms with van der Waals surface area (Å²) in [5.74, 6) is -0.123. The van der Waals surface area contributed by atoms with Crippen molar-refractivity contribution in [1.29, 1.82) is 0 Å². The van der Waals surface area contributed by atoms with Gasteiger partial charge >= 0.3 is 0 Å². The van der Waals surface area contributed by atoms with Crippen LogP contribution in [0.2, 0.25) is 15.1 Å². The summed E-state index contributed by atoms with van der Waals surface area (Å²) >= 11 is 18.9. The van der Waals surface area contributed by atoms with E-state index in [4.69, 9.17) is 40.5 Å². The Labute approximate surface area is 179 Å². The Morgan fingerprint density at radius 1 is 1.04 bits per heavy atom. The summed E-state index contributed by atoms with van der Waals surface area (Å²) in [6, 6.07) is 12.8. The molecular formula is C18H13Cl3N4O2S. The molecule has 28 heavy (non-hydrogen) atoms. The third-order valence-electron chi connectivity index (χ3n) is 3.49. The summed E-state index contributed by atoms with van der Waals surface area (Å²) in [6.07, 6.45) is 0. The van der Waals surface area contributed by atoms with Crippen LogP contribution >= 0.6 is 46.6 Å². The van der Waals surface area contributed by atoms with E-state index in [2.05, 4.69) is 10.3 Å². The molecule has 0 fully saturated rings. The van der Waals surface area contributed by atoms with Crippen molar-refractivity contribution in [2.75, 3.05) is 16.8 Å². The number of rotatable bonds is 5. The number of nitrogens with one attached hydrogen (secondary N) is 1. The monoisotopic (exact) mass is 454 g/mol. The lowest BCUT2D eigenvalue weighted by atomic mass is 10.3. The van der Waals surface area contributed by atoms with E-state index in [0.717, 1.165) is 11.8 Å². The number of nitrogen functional groups attached to an aromatic ring is 1. The Morgan fingerprint density at radius 3 is 2.32 bits per heavy atom. The molecule has 6 nitrogen and oxygen atoms in total. The van der Waals surface area contributed by atoms with Crippen molar-refractivity contribution in [3.8, 4) is 5.69 Å². The number of halogens is 3. The highest BCUT2D eigenvalue weighted by Crippen LogP contribution is 2.25. The molecule has 0 bridgehead atoms. The molecule has 1 amide bonds. The molecule has 0 saturated carbocycles. The zero-order chi connectivity index (χ0) is 20.3. The van der Waals surface area contributed by atoms with Gasteiger partial charge in [0.15, 0.2) is 5.16 Å². The SMILES string of the molecule is Nc1cc(=O)nc(SCC(=O)Nc2cc(Cl)cc(Cl)c2)n1-c1ccc(Cl)cc1. The number of nitrogens with two attached hydrogens (primary N) is 1. The summed E-state index contributed by atoms with van der Waals surface area (Å²) in [7, 11) is 0. The van der Waals surface area contributed by atoms with Gasteiger partial charge in [-0.2, -0.15) is 4.98 Å². The maximum atomic E-state index is 12.3. The number of hydrogen-bond donors (Lipinski definition) is 2. The van der Waals surface area contributed by atoms with Crippen LogP contribution in [0, 0.1) is 0 Å². The summed E-state index contributed by atoms with van der Waals surface area (Å²) in [6.45, 7) is 0. The number of carbonyl (C=O) groups excluding carboxylic acids is 1.